The van der Waals surface area contributed by atoms with Gasteiger partial charge in [0.1, 0.15) is 29.8 Å². The molecule has 2 unspecified atom stereocenters. The maximum absolute atomic E-state index is 12.9. The molecule has 0 aliphatic rings. The maximum Gasteiger partial charge on any atom is 0.373 e. The first-order valence-corrected chi connectivity index (χ1v) is 13.0. The van der Waals surface area contributed by atoms with Crippen molar-refractivity contribution in [3.63, 3.8) is 0 Å². The number of hydrogen-bond donors (Lipinski definition) is 5. The largest absolute Gasteiger partial charge is 0.460 e. The Morgan fingerprint density at radius 2 is 1.46 bits per heavy atom. The Morgan fingerprint density at radius 1 is 0.914 bits per heavy atom. The zero-order chi connectivity index (χ0) is 27.4. The summed E-state index contributed by atoms with van der Waals surface area (Å²) in [5.74, 6) is -3.60. The fraction of sp³-hybridized carbons (Fsp3) is 0.750. The van der Waals surface area contributed by atoms with Crippen molar-refractivity contribution in [1.29, 1.82) is 0 Å². The number of ether oxygens (including phenoxy) is 2. The van der Waals surface area contributed by atoms with Crippen LogP contribution in [0.15, 0.2) is 0 Å². The molecule has 0 aromatic rings. The summed E-state index contributed by atoms with van der Waals surface area (Å²) in [4.78, 5) is 62.0. The van der Waals surface area contributed by atoms with Crippen LogP contribution < -0.4 is 21.2 Å². The zero-order valence-corrected chi connectivity index (χ0v) is 22.9. The Balaban J connectivity index is 5.55. The van der Waals surface area contributed by atoms with Gasteiger partial charge in [-0.3, -0.25) is 24.0 Å². The van der Waals surface area contributed by atoms with Crippen molar-refractivity contribution in [3.05, 3.63) is 0 Å². The van der Waals surface area contributed by atoms with Crippen LogP contribution in [-0.4, -0.2) is 84.3 Å². The molecule has 0 aliphatic heterocycles. The number of carbonyl (C=O) groups is 5. The standard InChI is InChI=1S/C20H36BN4O8PS/c1-19(2,3)32-15(27)8-12(17(29)22-10-16(28)33-20(4,5)6)25-18(30)13(9-23-21(7)31)24-14(26)11-34-35/h12-13,23,31H,8-11H2,1-7H3,(H,22,29)(H,24,26)(H,25,30). The minimum Gasteiger partial charge on any atom is -0.460 e. The van der Waals surface area contributed by atoms with Crippen molar-refractivity contribution in [3.8, 4) is 0 Å². The van der Waals surface area contributed by atoms with Crippen LogP contribution in [0.1, 0.15) is 48.0 Å². The van der Waals surface area contributed by atoms with Crippen LogP contribution in [0.4, 0.5) is 0 Å². The summed E-state index contributed by atoms with van der Waals surface area (Å²) in [5, 5.41) is 19.3. The van der Waals surface area contributed by atoms with Gasteiger partial charge in [0.2, 0.25) is 17.7 Å². The van der Waals surface area contributed by atoms with Crippen LogP contribution in [0.25, 0.3) is 0 Å². The molecule has 0 spiro atoms. The molecule has 0 radical (unpaired) electrons. The Bertz CT molecular complexity index is 786. The van der Waals surface area contributed by atoms with Gasteiger partial charge in [0, 0.05) is 6.54 Å². The van der Waals surface area contributed by atoms with Gasteiger partial charge in [-0.1, -0.05) is 11.8 Å². The summed E-state index contributed by atoms with van der Waals surface area (Å²) >= 11 is 4.74. The van der Waals surface area contributed by atoms with E-state index in [1.807, 2.05) is 0 Å². The molecular formula is C20H36BN4O8PS. The molecule has 0 aromatic carbocycles. The Labute approximate surface area is 213 Å². The van der Waals surface area contributed by atoms with Crippen molar-refractivity contribution in [2.45, 2.75) is 78.1 Å². The molecule has 0 heterocycles. The number of nitrogens with one attached hydrogen (secondary N) is 4. The van der Waals surface area contributed by atoms with Crippen molar-refractivity contribution in [2.75, 3.05) is 19.3 Å². The van der Waals surface area contributed by atoms with Gasteiger partial charge in [-0.2, -0.15) is 0 Å². The van der Waals surface area contributed by atoms with Gasteiger partial charge < -0.3 is 35.7 Å². The predicted molar refractivity (Wildman–Crippen MR) is 134 cm³/mol. The summed E-state index contributed by atoms with van der Waals surface area (Å²) < 4.78 is 10.4. The van der Waals surface area contributed by atoms with Crippen LogP contribution in [0.5, 0.6) is 0 Å². The van der Waals surface area contributed by atoms with E-state index in [4.69, 9.17) is 21.3 Å². The SMILES string of the molecule is CB(O)NCC(NC(=O)CP=S)C(=O)NC(CC(=O)OC(C)(C)C)C(=O)NCC(=O)OC(C)(C)C. The first-order chi connectivity index (χ1) is 15.9. The summed E-state index contributed by atoms with van der Waals surface area (Å²) in [5.41, 5.74) is -1.60. The zero-order valence-electron chi connectivity index (χ0n) is 21.2. The third kappa shape index (κ3) is 17.0. The van der Waals surface area contributed by atoms with Gasteiger partial charge in [-0.25, -0.2) is 0 Å². The molecule has 198 valence electrons. The number of hydrogen-bond acceptors (Lipinski definition) is 10. The number of esters is 2. The normalized spacial score (nSPS) is 13.3. The Kier molecular flexibility index (Phi) is 14.1. The van der Waals surface area contributed by atoms with Crippen LogP contribution in [-0.2, 0) is 45.3 Å². The second-order valence-corrected chi connectivity index (χ2v) is 11.0. The molecule has 35 heavy (non-hydrogen) atoms. The van der Waals surface area contributed by atoms with Crippen LogP contribution in [0.3, 0.4) is 0 Å². The lowest BCUT2D eigenvalue weighted by molar-refractivity contribution is -0.156. The van der Waals surface area contributed by atoms with Crippen LogP contribution in [0.2, 0.25) is 6.82 Å². The van der Waals surface area contributed by atoms with Gasteiger partial charge >= 0.3 is 19.0 Å². The molecule has 0 saturated carbocycles. The third-order valence-corrected chi connectivity index (χ3v) is 4.53. The Hall–Kier alpha value is -2.15. The minimum atomic E-state index is -1.41. The average Bonchev–Trinajstić information content (AvgIpc) is 2.65. The molecule has 2 atom stereocenters. The highest BCUT2D eigenvalue weighted by atomic mass is 32.4. The van der Waals surface area contributed by atoms with E-state index in [1.54, 1.807) is 41.5 Å². The van der Waals surface area contributed by atoms with Gasteiger partial charge in [0.25, 0.3) is 0 Å². The second kappa shape index (κ2) is 15.1. The summed E-state index contributed by atoms with van der Waals surface area (Å²) in [7, 11) is -0.608. The van der Waals surface area contributed by atoms with Gasteiger partial charge in [-0.05, 0) is 55.7 Å². The van der Waals surface area contributed by atoms with E-state index in [0.717, 1.165) is 0 Å². The molecule has 0 rings (SSSR count). The molecule has 0 bridgehead atoms. The number of rotatable bonds is 13. The molecule has 0 fully saturated rings. The average molecular weight is 534 g/mol. The molecule has 3 amide bonds. The molecule has 5 N–H and O–H groups in total. The number of amides is 3. The smallest absolute Gasteiger partial charge is 0.373 e. The molecule has 0 saturated heterocycles. The van der Waals surface area contributed by atoms with Crippen LogP contribution in [0, 0.1) is 0 Å². The van der Waals surface area contributed by atoms with Gasteiger partial charge in [0.15, 0.2) is 0 Å². The first-order valence-electron chi connectivity index (χ1n) is 10.9. The summed E-state index contributed by atoms with van der Waals surface area (Å²) in [6.07, 6.45) is -0.566. The lowest BCUT2D eigenvalue weighted by Gasteiger charge is -2.25. The van der Waals surface area contributed by atoms with E-state index >= 15 is 0 Å². The summed E-state index contributed by atoms with van der Waals surface area (Å²) in [6, 6.07) is -2.60. The molecular weight excluding hydrogens is 498 g/mol. The van der Waals surface area contributed by atoms with Crippen molar-refractivity contribution >= 4 is 55.9 Å². The quantitative estimate of drug-likeness (QED) is 0.115. The third-order valence-electron chi connectivity index (χ3n) is 3.73. The van der Waals surface area contributed by atoms with Crippen molar-refractivity contribution < 1.29 is 38.5 Å². The fourth-order valence-corrected chi connectivity index (χ4v) is 3.05. The monoisotopic (exact) mass is 534 g/mol. The highest BCUT2D eigenvalue weighted by molar-refractivity contribution is 7.96. The van der Waals surface area contributed by atoms with Gasteiger partial charge in [0.05, 0.1) is 12.6 Å². The maximum atomic E-state index is 12.9. The van der Waals surface area contributed by atoms with Crippen molar-refractivity contribution in [1.82, 2.24) is 21.2 Å². The van der Waals surface area contributed by atoms with Crippen LogP contribution >= 0.6 is 7.36 Å². The summed E-state index contributed by atoms with van der Waals surface area (Å²) in [6.45, 7) is 10.7. The van der Waals surface area contributed by atoms with E-state index in [1.165, 1.54) is 6.82 Å². The van der Waals surface area contributed by atoms with E-state index in [9.17, 15) is 29.0 Å². The lowest BCUT2D eigenvalue weighted by Crippen LogP contribution is -2.58. The first kappa shape index (κ1) is 32.9. The number of carbonyl (C=O) groups excluding carboxylic acids is 5. The second-order valence-electron chi connectivity index (χ2n) is 9.65. The lowest BCUT2D eigenvalue weighted by atomic mass is 9.88. The Morgan fingerprint density at radius 3 is 1.94 bits per heavy atom. The van der Waals surface area contributed by atoms with E-state index in [2.05, 4.69) is 21.2 Å². The molecule has 0 aliphatic carbocycles. The van der Waals surface area contributed by atoms with E-state index < -0.39 is 73.0 Å². The van der Waals surface area contributed by atoms with E-state index in [0.29, 0.717) is 7.36 Å². The topological polar surface area (TPSA) is 172 Å². The molecule has 12 nitrogen and oxygen atoms in total. The highest BCUT2D eigenvalue weighted by Gasteiger charge is 2.31. The van der Waals surface area contributed by atoms with Crippen molar-refractivity contribution in [2.24, 2.45) is 0 Å². The predicted octanol–water partition coefficient (Wildman–Crippen LogP) is -0.746. The molecule has 15 heteroatoms. The minimum absolute atomic E-state index is 0.0362. The fourth-order valence-electron chi connectivity index (χ4n) is 2.49. The van der Waals surface area contributed by atoms with Gasteiger partial charge in [-0.15, -0.1) is 0 Å². The highest BCUT2D eigenvalue weighted by Crippen LogP contribution is 2.10. The molecule has 0 aromatic heterocycles. The van der Waals surface area contributed by atoms with E-state index in [-0.39, 0.29) is 12.7 Å².